The molecule has 0 bridgehead atoms. The number of aliphatic hydroxyl groups is 1. The first-order valence-corrected chi connectivity index (χ1v) is 4.39. The van der Waals surface area contributed by atoms with E-state index in [1.54, 1.807) is 0 Å². The third kappa shape index (κ3) is 2.80. The van der Waals surface area contributed by atoms with E-state index in [1.807, 2.05) is 0 Å². The van der Waals surface area contributed by atoms with Crippen LogP contribution in [0.1, 0.15) is 20.3 Å². The number of nitrogens with zero attached hydrogens (tertiary/aromatic N) is 1. The maximum atomic E-state index is 8.85. The summed E-state index contributed by atoms with van der Waals surface area (Å²) in [5, 5.41) is 8.85. The van der Waals surface area contributed by atoms with Crippen molar-refractivity contribution in [3.8, 4) is 0 Å². The van der Waals surface area contributed by atoms with Gasteiger partial charge in [-0.15, -0.1) is 0 Å². The highest BCUT2D eigenvalue weighted by Gasteiger charge is 2.21. The second-order valence-corrected chi connectivity index (χ2v) is 3.79. The SMILES string of the molecule is CC(C)CN1CC[C](CO)C1. The van der Waals surface area contributed by atoms with E-state index >= 15 is 0 Å². The van der Waals surface area contributed by atoms with Crippen LogP contribution in [0.3, 0.4) is 0 Å². The van der Waals surface area contributed by atoms with Gasteiger partial charge in [0.05, 0.1) is 6.61 Å². The van der Waals surface area contributed by atoms with Crippen molar-refractivity contribution in [2.75, 3.05) is 26.2 Å². The largest absolute Gasteiger partial charge is 0.396 e. The van der Waals surface area contributed by atoms with Crippen LogP contribution in [0.25, 0.3) is 0 Å². The Morgan fingerprint density at radius 2 is 2.27 bits per heavy atom. The summed E-state index contributed by atoms with van der Waals surface area (Å²) < 4.78 is 0. The number of rotatable bonds is 3. The highest BCUT2D eigenvalue weighted by atomic mass is 16.3. The third-order valence-electron chi connectivity index (χ3n) is 2.08. The Balaban J connectivity index is 2.19. The predicted molar refractivity (Wildman–Crippen MR) is 46.2 cm³/mol. The second kappa shape index (κ2) is 4.07. The lowest BCUT2D eigenvalue weighted by Gasteiger charge is -2.17. The first-order valence-electron chi connectivity index (χ1n) is 4.39. The van der Waals surface area contributed by atoms with Crippen LogP contribution in [0.4, 0.5) is 0 Å². The van der Waals surface area contributed by atoms with Gasteiger partial charge < -0.3 is 10.0 Å². The molecule has 1 heterocycles. The minimum absolute atomic E-state index is 0.286. The van der Waals surface area contributed by atoms with Crippen LogP contribution in [0.2, 0.25) is 0 Å². The van der Waals surface area contributed by atoms with Gasteiger partial charge in [-0.3, -0.25) is 0 Å². The minimum Gasteiger partial charge on any atom is -0.396 e. The summed E-state index contributed by atoms with van der Waals surface area (Å²) in [6.07, 6.45) is 1.10. The molecule has 11 heavy (non-hydrogen) atoms. The Bertz CT molecular complexity index is 114. The van der Waals surface area contributed by atoms with Crippen molar-refractivity contribution in [2.24, 2.45) is 5.92 Å². The molecule has 0 saturated carbocycles. The summed E-state index contributed by atoms with van der Waals surface area (Å²) in [5.41, 5.74) is 0. The van der Waals surface area contributed by atoms with Gasteiger partial charge in [-0.1, -0.05) is 13.8 Å². The molecule has 1 radical (unpaired) electrons. The molecule has 0 aromatic heterocycles. The van der Waals surface area contributed by atoms with Gasteiger partial charge in [0.25, 0.3) is 0 Å². The monoisotopic (exact) mass is 156 g/mol. The van der Waals surface area contributed by atoms with Crippen LogP contribution in [0, 0.1) is 11.8 Å². The fourth-order valence-corrected chi connectivity index (χ4v) is 1.59. The van der Waals surface area contributed by atoms with Gasteiger partial charge >= 0.3 is 0 Å². The van der Waals surface area contributed by atoms with Gasteiger partial charge in [-0.2, -0.15) is 0 Å². The van der Waals surface area contributed by atoms with Crippen LogP contribution >= 0.6 is 0 Å². The Morgan fingerprint density at radius 3 is 2.73 bits per heavy atom. The summed E-state index contributed by atoms with van der Waals surface area (Å²) >= 11 is 0. The van der Waals surface area contributed by atoms with E-state index in [9.17, 15) is 0 Å². The second-order valence-electron chi connectivity index (χ2n) is 3.79. The summed E-state index contributed by atoms with van der Waals surface area (Å²) in [6.45, 7) is 8.09. The molecule has 65 valence electrons. The zero-order chi connectivity index (χ0) is 8.27. The molecule has 1 N–H and O–H groups in total. The van der Waals surface area contributed by atoms with E-state index in [-0.39, 0.29) is 6.61 Å². The molecule has 1 rings (SSSR count). The maximum Gasteiger partial charge on any atom is 0.0506 e. The lowest BCUT2D eigenvalue weighted by Crippen LogP contribution is -2.25. The highest BCUT2D eigenvalue weighted by molar-refractivity contribution is 4.98. The Labute approximate surface area is 69.2 Å². The summed E-state index contributed by atoms with van der Waals surface area (Å²) in [4.78, 5) is 2.41. The first kappa shape index (κ1) is 9.01. The zero-order valence-electron chi connectivity index (χ0n) is 7.51. The predicted octanol–water partition coefficient (Wildman–Crippen LogP) is 0.915. The third-order valence-corrected chi connectivity index (χ3v) is 2.08. The van der Waals surface area contributed by atoms with E-state index in [0.717, 1.165) is 25.4 Å². The molecule has 1 fully saturated rings. The number of hydrogen-bond donors (Lipinski definition) is 1. The van der Waals surface area contributed by atoms with Gasteiger partial charge in [0, 0.05) is 19.0 Å². The van der Waals surface area contributed by atoms with Crippen molar-refractivity contribution in [2.45, 2.75) is 20.3 Å². The zero-order valence-corrected chi connectivity index (χ0v) is 7.51. The van der Waals surface area contributed by atoms with Gasteiger partial charge in [0.2, 0.25) is 0 Å². The highest BCUT2D eigenvalue weighted by Crippen LogP contribution is 2.17. The fourth-order valence-electron chi connectivity index (χ4n) is 1.59. The van der Waals surface area contributed by atoms with Gasteiger partial charge in [-0.25, -0.2) is 0 Å². The molecule has 0 unspecified atom stereocenters. The number of likely N-dealkylation sites (tertiary alicyclic amines) is 1. The van der Waals surface area contributed by atoms with Crippen molar-refractivity contribution in [3.63, 3.8) is 0 Å². The maximum absolute atomic E-state index is 8.85. The Morgan fingerprint density at radius 1 is 1.55 bits per heavy atom. The molecule has 0 atom stereocenters. The van der Waals surface area contributed by atoms with E-state index in [1.165, 1.54) is 12.5 Å². The molecule has 2 nitrogen and oxygen atoms in total. The molecule has 1 aliphatic rings. The number of aliphatic hydroxyl groups excluding tert-OH is 1. The van der Waals surface area contributed by atoms with Crippen molar-refractivity contribution < 1.29 is 5.11 Å². The van der Waals surface area contributed by atoms with E-state index in [2.05, 4.69) is 18.7 Å². The van der Waals surface area contributed by atoms with Crippen LogP contribution < -0.4 is 0 Å². The lowest BCUT2D eigenvalue weighted by atomic mass is 10.1. The van der Waals surface area contributed by atoms with Gasteiger partial charge in [-0.05, 0) is 18.9 Å². The molecular formula is C9H18NO. The molecular weight excluding hydrogens is 138 g/mol. The fraction of sp³-hybridized carbons (Fsp3) is 0.889. The summed E-state index contributed by atoms with van der Waals surface area (Å²) in [5.74, 6) is 2.04. The normalized spacial score (nSPS) is 21.8. The number of hydrogen-bond acceptors (Lipinski definition) is 2. The van der Waals surface area contributed by atoms with Crippen molar-refractivity contribution in [1.29, 1.82) is 0 Å². The van der Waals surface area contributed by atoms with Gasteiger partial charge in [0.1, 0.15) is 0 Å². The quantitative estimate of drug-likeness (QED) is 0.656. The van der Waals surface area contributed by atoms with Crippen LogP contribution in [-0.2, 0) is 0 Å². The molecule has 0 aliphatic carbocycles. The average molecular weight is 156 g/mol. The molecule has 1 saturated heterocycles. The van der Waals surface area contributed by atoms with E-state index in [4.69, 9.17) is 5.11 Å². The molecule has 1 aliphatic heterocycles. The van der Waals surface area contributed by atoms with E-state index in [0.29, 0.717) is 0 Å². The Hall–Kier alpha value is -0.0800. The van der Waals surface area contributed by atoms with Crippen molar-refractivity contribution in [1.82, 2.24) is 4.90 Å². The van der Waals surface area contributed by atoms with Crippen LogP contribution in [0.5, 0.6) is 0 Å². The standard InChI is InChI=1S/C9H18NO/c1-8(2)5-10-4-3-9(6-10)7-11/h8,11H,3-7H2,1-2H3. The first-order chi connectivity index (χ1) is 5.22. The summed E-state index contributed by atoms with van der Waals surface area (Å²) in [7, 11) is 0. The lowest BCUT2D eigenvalue weighted by molar-refractivity contribution is 0.277. The summed E-state index contributed by atoms with van der Waals surface area (Å²) in [6, 6.07) is 0. The smallest absolute Gasteiger partial charge is 0.0506 e. The minimum atomic E-state index is 0.286. The van der Waals surface area contributed by atoms with Crippen molar-refractivity contribution in [3.05, 3.63) is 5.92 Å². The topological polar surface area (TPSA) is 23.5 Å². The molecule has 0 amide bonds. The van der Waals surface area contributed by atoms with Crippen molar-refractivity contribution >= 4 is 0 Å². The van der Waals surface area contributed by atoms with Crippen LogP contribution in [-0.4, -0.2) is 36.2 Å². The molecule has 0 aromatic carbocycles. The Kier molecular flexibility index (Phi) is 3.34. The molecule has 0 aromatic rings. The average Bonchev–Trinajstić information content (AvgIpc) is 2.34. The molecule has 2 heteroatoms. The van der Waals surface area contributed by atoms with E-state index < -0.39 is 0 Å². The molecule has 0 spiro atoms. The van der Waals surface area contributed by atoms with Crippen LogP contribution in [0.15, 0.2) is 0 Å². The van der Waals surface area contributed by atoms with Gasteiger partial charge in [0.15, 0.2) is 0 Å².